The summed E-state index contributed by atoms with van der Waals surface area (Å²) < 4.78 is 10.8. The van der Waals surface area contributed by atoms with Crippen LogP contribution < -0.4 is 20.7 Å². The van der Waals surface area contributed by atoms with Crippen molar-refractivity contribution in [2.45, 2.75) is 37.8 Å². The third-order valence-corrected chi connectivity index (χ3v) is 5.34. The maximum absolute atomic E-state index is 12.5. The van der Waals surface area contributed by atoms with Crippen molar-refractivity contribution >= 4 is 36.4 Å². The molecule has 2 saturated heterocycles. The van der Waals surface area contributed by atoms with E-state index in [1.54, 1.807) is 7.11 Å². The Labute approximate surface area is 174 Å². The maximum atomic E-state index is 12.5. The lowest BCUT2D eigenvalue weighted by Crippen LogP contribution is -2.52. The highest BCUT2D eigenvalue weighted by Gasteiger charge is 2.29. The average molecular weight is 420 g/mol. The molecule has 1 unspecified atom stereocenters. The molecule has 0 aliphatic carbocycles. The lowest BCUT2D eigenvalue weighted by Gasteiger charge is -2.35. The first kappa shape index (κ1) is 23.8. The minimum Gasteiger partial charge on any atom is -0.495 e. The molecule has 1 amide bonds. The Morgan fingerprint density at radius 3 is 2.44 bits per heavy atom. The van der Waals surface area contributed by atoms with Gasteiger partial charge in [-0.25, -0.2) is 0 Å². The SMILES string of the molecule is COc1ccccc1N1CCC(NC(=O)C(N)C2CCOCC2)CC1.Cl.Cl. The number of carbonyl (C=O) groups is 1. The number of nitrogens with one attached hydrogen (secondary N) is 1. The number of anilines is 1. The molecule has 3 rings (SSSR count). The van der Waals surface area contributed by atoms with E-state index in [2.05, 4.69) is 16.3 Å². The molecule has 0 spiro atoms. The third-order valence-electron chi connectivity index (χ3n) is 5.34. The second kappa shape index (κ2) is 11.6. The van der Waals surface area contributed by atoms with Gasteiger partial charge in [0.1, 0.15) is 5.75 Å². The number of methoxy groups -OCH3 is 1. The zero-order chi connectivity index (χ0) is 17.6. The summed E-state index contributed by atoms with van der Waals surface area (Å²) >= 11 is 0. The number of nitrogens with two attached hydrogens (primary N) is 1. The van der Waals surface area contributed by atoms with E-state index in [1.165, 1.54) is 0 Å². The molecule has 2 aliphatic rings. The Bertz CT molecular complexity index is 577. The molecule has 0 saturated carbocycles. The van der Waals surface area contributed by atoms with Crippen molar-refractivity contribution in [1.82, 2.24) is 5.32 Å². The Morgan fingerprint density at radius 1 is 1.19 bits per heavy atom. The van der Waals surface area contributed by atoms with Gasteiger partial charge >= 0.3 is 0 Å². The van der Waals surface area contributed by atoms with Crippen LogP contribution in [-0.2, 0) is 9.53 Å². The van der Waals surface area contributed by atoms with Gasteiger partial charge in [-0.05, 0) is 43.7 Å². The fourth-order valence-electron chi connectivity index (χ4n) is 3.74. The van der Waals surface area contributed by atoms with Crippen LogP contribution >= 0.6 is 24.8 Å². The van der Waals surface area contributed by atoms with Crippen LogP contribution in [0.2, 0.25) is 0 Å². The number of halogens is 2. The second-order valence-electron chi connectivity index (χ2n) is 6.92. The van der Waals surface area contributed by atoms with Crippen molar-refractivity contribution in [3.05, 3.63) is 24.3 Å². The number of para-hydroxylation sites is 2. The summed E-state index contributed by atoms with van der Waals surface area (Å²) in [4.78, 5) is 14.8. The summed E-state index contributed by atoms with van der Waals surface area (Å²) in [5.41, 5.74) is 7.29. The zero-order valence-corrected chi connectivity index (χ0v) is 17.4. The van der Waals surface area contributed by atoms with Gasteiger partial charge in [0, 0.05) is 32.3 Å². The van der Waals surface area contributed by atoms with Crippen molar-refractivity contribution in [3.63, 3.8) is 0 Å². The van der Waals surface area contributed by atoms with Crippen LogP contribution in [0.15, 0.2) is 24.3 Å². The largest absolute Gasteiger partial charge is 0.495 e. The van der Waals surface area contributed by atoms with Crippen LogP contribution in [0.4, 0.5) is 5.69 Å². The van der Waals surface area contributed by atoms with E-state index >= 15 is 0 Å². The number of ether oxygens (including phenoxy) is 2. The molecule has 6 nitrogen and oxygen atoms in total. The van der Waals surface area contributed by atoms with E-state index in [0.717, 1.165) is 50.2 Å². The molecule has 1 aromatic carbocycles. The molecule has 154 valence electrons. The summed E-state index contributed by atoms with van der Waals surface area (Å²) in [6, 6.07) is 7.85. The van der Waals surface area contributed by atoms with Gasteiger partial charge in [0.15, 0.2) is 0 Å². The molecule has 0 aromatic heterocycles. The topological polar surface area (TPSA) is 76.8 Å². The van der Waals surface area contributed by atoms with E-state index < -0.39 is 6.04 Å². The monoisotopic (exact) mass is 419 g/mol. The van der Waals surface area contributed by atoms with Crippen LogP contribution in [0.5, 0.6) is 5.75 Å². The quantitative estimate of drug-likeness (QED) is 0.765. The number of rotatable bonds is 5. The first-order chi connectivity index (χ1) is 12.2. The number of hydrogen-bond donors (Lipinski definition) is 2. The first-order valence-corrected chi connectivity index (χ1v) is 9.20. The van der Waals surface area contributed by atoms with Gasteiger partial charge in [0.2, 0.25) is 5.91 Å². The molecular weight excluding hydrogens is 389 g/mol. The average Bonchev–Trinajstić information content (AvgIpc) is 2.68. The van der Waals surface area contributed by atoms with Crippen molar-refractivity contribution in [3.8, 4) is 5.75 Å². The van der Waals surface area contributed by atoms with Crippen molar-refractivity contribution < 1.29 is 14.3 Å². The van der Waals surface area contributed by atoms with E-state index in [0.29, 0.717) is 13.2 Å². The molecule has 27 heavy (non-hydrogen) atoms. The van der Waals surface area contributed by atoms with Crippen LogP contribution in [-0.4, -0.2) is 51.4 Å². The number of nitrogens with zero attached hydrogens (tertiary/aromatic N) is 1. The van der Waals surface area contributed by atoms with Gasteiger partial charge in [0.25, 0.3) is 0 Å². The lowest BCUT2D eigenvalue weighted by atomic mass is 9.91. The molecule has 8 heteroatoms. The van der Waals surface area contributed by atoms with Crippen molar-refractivity contribution in [2.24, 2.45) is 11.7 Å². The standard InChI is InChI=1S/C19H29N3O3.2ClH/c1-24-17-5-3-2-4-16(17)22-10-6-15(7-11-22)21-19(23)18(20)14-8-12-25-13-9-14;;/h2-5,14-15,18H,6-13,20H2,1H3,(H,21,23);2*1H. The Kier molecular flexibility index (Phi) is 10.2. The Balaban J connectivity index is 0.00000182. The molecule has 0 radical (unpaired) electrons. The number of amides is 1. The van der Waals surface area contributed by atoms with Crippen molar-refractivity contribution in [1.29, 1.82) is 0 Å². The van der Waals surface area contributed by atoms with Crippen molar-refractivity contribution in [2.75, 3.05) is 38.3 Å². The highest BCUT2D eigenvalue weighted by atomic mass is 35.5. The number of benzene rings is 1. The zero-order valence-electron chi connectivity index (χ0n) is 15.8. The molecular formula is C19H31Cl2N3O3. The van der Waals surface area contributed by atoms with E-state index in [9.17, 15) is 4.79 Å². The van der Waals surface area contributed by atoms with Crippen LogP contribution in [0.25, 0.3) is 0 Å². The molecule has 2 aliphatic heterocycles. The summed E-state index contributed by atoms with van der Waals surface area (Å²) in [7, 11) is 1.70. The van der Waals surface area contributed by atoms with Gasteiger partial charge < -0.3 is 25.4 Å². The molecule has 0 bridgehead atoms. The summed E-state index contributed by atoms with van der Waals surface area (Å²) in [5, 5.41) is 3.15. The Hall–Kier alpha value is -1.21. The normalized spacial score (nSPS) is 19.4. The minimum absolute atomic E-state index is 0. The van der Waals surface area contributed by atoms with Gasteiger partial charge in [0.05, 0.1) is 18.8 Å². The summed E-state index contributed by atoms with van der Waals surface area (Å²) in [5.74, 6) is 1.12. The van der Waals surface area contributed by atoms with Gasteiger partial charge in [-0.1, -0.05) is 12.1 Å². The molecule has 1 atom stereocenters. The van der Waals surface area contributed by atoms with E-state index in [-0.39, 0.29) is 42.7 Å². The maximum Gasteiger partial charge on any atom is 0.237 e. The number of carbonyl (C=O) groups excluding carboxylic acids is 1. The van der Waals surface area contributed by atoms with Gasteiger partial charge in [-0.2, -0.15) is 0 Å². The molecule has 3 N–H and O–H groups in total. The fourth-order valence-corrected chi connectivity index (χ4v) is 3.74. The highest BCUT2D eigenvalue weighted by molar-refractivity contribution is 5.85. The summed E-state index contributed by atoms with van der Waals surface area (Å²) in [6.45, 7) is 3.22. The van der Waals surface area contributed by atoms with E-state index in [1.807, 2.05) is 18.2 Å². The fraction of sp³-hybridized carbons (Fsp3) is 0.632. The predicted molar refractivity (Wildman–Crippen MR) is 112 cm³/mol. The second-order valence-corrected chi connectivity index (χ2v) is 6.92. The van der Waals surface area contributed by atoms with E-state index in [4.69, 9.17) is 15.2 Å². The smallest absolute Gasteiger partial charge is 0.237 e. The molecule has 1 aromatic rings. The van der Waals surface area contributed by atoms with Crippen LogP contribution in [0, 0.1) is 5.92 Å². The molecule has 2 heterocycles. The predicted octanol–water partition coefficient (Wildman–Crippen LogP) is 2.38. The summed E-state index contributed by atoms with van der Waals surface area (Å²) in [6.07, 6.45) is 3.59. The highest BCUT2D eigenvalue weighted by Crippen LogP contribution is 2.30. The van der Waals surface area contributed by atoms with Crippen LogP contribution in [0.3, 0.4) is 0 Å². The van der Waals surface area contributed by atoms with Crippen LogP contribution in [0.1, 0.15) is 25.7 Å². The lowest BCUT2D eigenvalue weighted by molar-refractivity contribution is -0.125. The first-order valence-electron chi connectivity index (χ1n) is 9.20. The minimum atomic E-state index is -0.420. The number of hydrogen-bond acceptors (Lipinski definition) is 5. The van der Waals surface area contributed by atoms with Gasteiger partial charge in [-0.15, -0.1) is 24.8 Å². The number of piperidine rings is 1. The van der Waals surface area contributed by atoms with Gasteiger partial charge in [-0.3, -0.25) is 4.79 Å². The Morgan fingerprint density at radius 2 is 1.81 bits per heavy atom. The third kappa shape index (κ3) is 6.14. The molecule has 2 fully saturated rings.